The molecule has 1 atom stereocenters. The molecule has 0 spiro atoms. The fraction of sp³-hybridized carbons (Fsp3) is 0.375. The molecule has 2 aromatic carbocycles. The van der Waals surface area contributed by atoms with Crippen LogP contribution >= 0.6 is 15.9 Å². The first-order valence-electron chi connectivity index (χ1n) is 10.8. The molecule has 0 saturated heterocycles. The number of nitrogens with one attached hydrogen (secondary N) is 2. The summed E-state index contributed by atoms with van der Waals surface area (Å²) in [6.07, 6.45) is 1.46. The molecule has 0 aromatic heterocycles. The Kier molecular flexibility index (Phi) is 8.38. The average molecular weight is 534 g/mol. The lowest BCUT2D eigenvalue weighted by Gasteiger charge is -2.20. The largest absolute Gasteiger partial charge is 0.493 e. The molecule has 1 unspecified atom stereocenters. The molecule has 10 heteroatoms. The standard InChI is InChI=1S/C24H28BrN3O6/c1-13(2)21(27-23(29)16-6-7-18-19(10-16)33-12-32-18)24(30)28-26-11-15-8-17(25)22(34-14(3)4)20(9-15)31-5/h6-11,13-14,21H,12H2,1-5H3,(H,27,29)(H,28,30)/b26-11+. The molecule has 0 bridgehead atoms. The van der Waals surface area contributed by atoms with Gasteiger partial charge in [-0.05, 0) is 71.6 Å². The summed E-state index contributed by atoms with van der Waals surface area (Å²) in [7, 11) is 1.55. The molecular weight excluding hydrogens is 506 g/mol. The number of benzene rings is 2. The zero-order valence-corrected chi connectivity index (χ0v) is 21.3. The van der Waals surface area contributed by atoms with E-state index in [2.05, 4.69) is 31.8 Å². The Bertz CT molecular complexity index is 1090. The number of carbonyl (C=O) groups excluding carboxylic acids is 2. The average Bonchev–Trinajstić information content (AvgIpc) is 3.26. The maximum atomic E-state index is 12.8. The van der Waals surface area contributed by atoms with Crippen LogP contribution in [0.1, 0.15) is 43.6 Å². The monoisotopic (exact) mass is 533 g/mol. The minimum Gasteiger partial charge on any atom is -0.493 e. The Morgan fingerprint density at radius 3 is 2.53 bits per heavy atom. The number of nitrogens with zero attached hydrogens (tertiary/aromatic N) is 1. The second-order valence-electron chi connectivity index (χ2n) is 8.20. The van der Waals surface area contributed by atoms with Crippen LogP contribution in [0, 0.1) is 5.92 Å². The van der Waals surface area contributed by atoms with Gasteiger partial charge in [-0.25, -0.2) is 5.43 Å². The second kappa shape index (κ2) is 11.2. The SMILES string of the molecule is COc1cc(/C=N/NC(=O)C(NC(=O)c2ccc3c(c2)OCO3)C(C)C)cc(Br)c1OC(C)C. The van der Waals surface area contributed by atoms with Crippen molar-refractivity contribution in [3.8, 4) is 23.0 Å². The van der Waals surface area contributed by atoms with E-state index in [0.717, 1.165) is 0 Å². The van der Waals surface area contributed by atoms with Gasteiger partial charge in [-0.1, -0.05) is 13.8 Å². The summed E-state index contributed by atoms with van der Waals surface area (Å²) >= 11 is 3.48. The number of rotatable bonds is 9. The predicted molar refractivity (Wildman–Crippen MR) is 131 cm³/mol. The normalized spacial score (nSPS) is 13.3. The predicted octanol–water partition coefficient (Wildman–Crippen LogP) is 3.88. The molecule has 34 heavy (non-hydrogen) atoms. The number of methoxy groups -OCH3 is 1. The number of hydrogen-bond donors (Lipinski definition) is 2. The van der Waals surface area contributed by atoms with Gasteiger partial charge in [0.25, 0.3) is 11.8 Å². The van der Waals surface area contributed by atoms with Gasteiger partial charge in [0.2, 0.25) is 6.79 Å². The highest BCUT2D eigenvalue weighted by Crippen LogP contribution is 2.37. The van der Waals surface area contributed by atoms with Crippen molar-refractivity contribution in [2.75, 3.05) is 13.9 Å². The molecule has 182 valence electrons. The van der Waals surface area contributed by atoms with Gasteiger partial charge in [-0.3, -0.25) is 9.59 Å². The van der Waals surface area contributed by atoms with Crippen molar-refractivity contribution in [3.05, 3.63) is 45.9 Å². The molecule has 1 heterocycles. The van der Waals surface area contributed by atoms with Gasteiger partial charge in [0, 0.05) is 5.56 Å². The van der Waals surface area contributed by atoms with E-state index in [1.165, 1.54) is 6.21 Å². The number of ether oxygens (including phenoxy) is 4. The number of fused-ring (bicyclic) bond motifs is 1. The Morgan fingerprint density at radius 2 is 1.85 bits per heavy atom. The van der Waals surface area contributed by atoms with Gasteiger partial charge in [0.05, 0.1) is 23.9 Å². The molecule has 0 saturated carbocycles. The molecule has 3 rings (SSSR count). The smallest absolute Gasteiger partial charge is 0.262 e. The summed E-state index contributed by atoms with van der Waals surface area (Å²) in [6.45, 7) is 7.64. The number of hydrazone groups is 1. The van der Waals surface area contributed by atoms with E-state index < -0.39 is 17.9 Å². The fourth-order valence-corrected chi connectivity index (χ4v) is 3.75. The number of carbonyl (C=O) groups is 2. The van der Waals surface area contributed by atoms with Crippen molar-refractivity contribution >= 4 is 34.0 Å². The third-order valence-electron chi connectivity index (χ3n) is 4.86. The molecule has 0 radical (unpaired) electrons. The van der Waals surface area contributed by atoms with Gasteiger partial charge in [0.1, 0.15) is 6.04 Å². The Balaban J connectivity index is 1.66. The zero-order valence-electron chi connectivity index (χ0n) is 19.7. The highest BCUT2D eigenvalue weighted by Gasteiger charge is 2.25. The highest BCUT2D eigenvalue weighted by atomic mass is 79.9. The van der Waals surface area contributed by atoms with E-state index in [1.54, 1.807) is 37.4 Å². The summed E-state index contributed by atoms with van der Waals surface area (Å²) in [5.41, 5.74) is 3.55. The van der Waals surface area contributed by atoms with Crippen LogP contribution in [-0.2, 0) is 4.79 Å². The van der Waals surface area contributed by atoms with Gasteiger partial charge in [-0.15, -0.1) is 0 Å². The van der Waals surface area contributed by atoms with Gasteiger partial charge >= 0.3 is 0 Å². The van der Waals surface area contributed by atoms with Crippen LogP contribution in [0.2, 0.25) is 0 Å². The van der Waals surface area contributed by atoms with Crippen LogP contribution in [0.5, 0.6) is 23.0 Å². The van der Waals surface area contributed by atoms with E-state index in [4.69, 9.17) is 18.9 Å². The topological polar surface area (TPSA) is 107 Å². The molecule has 0 aliphatic carbocycles. The van der Waals surface area contributed by atoms with Crippen LogP contribution < -0.4 is 29.7 Å². The van der Waals surface area contributed by atoms with Crippen LogP contribution in [-0.4, -0.2) is 44.1 Å². The first kappa shape index (κ1) is 25.4. The maximum absolute atomic E-state index is 12.8. The summed E-state index contributed by atoms with van der Waals surface area (Å²) in [4.78, 5) is 25.5. The van der Waals surface area contributed by atoms with E-state index >= 15 is 0 Å². The molecule has 2 N–H and O–H groups in total. The Morgan fingerprint density at radius 1 is 1.12 bits per heavy atom. The first-order valence-corrected chi connectivity index (χ1v) is 11.6. The summed E-state index contributed by atoms with van der Waals surface area (Å²) in [6, 6.07) is 7.63. The summed E-state index contributed by atoms with van der Waals surface area (Å²) in [5, 5.41) is 6.81. The van der Waals surface area contributed by atoms with Crippen LogP contribution in [0.25, 0.3) is 0 Å². The lowest BCUT2D eigenvalue weighted by molar-refractivity contribution is -0.123. The molecule has 2 amide bonds. The van der Waals surface area contributed by atoms with E-state index in [0.29, 0.717) is 38.6 Å². The number of hydrogen-bond acceptors (Lipinski definition) is 7. The van der Waals surface area contributed by atoms with Crippen LogP contribution in [0.4, 0.5) is 0 Å². The number of amides is 2. The lowest BCUT2D eigenvalue weighted by Crippen LogP contribution is -2.48. The third-order valence-corrected chi connectivity index (χ3v) is 5.45. The number of halogens is 1. The molecule has 2 aromatic rings. The van der Waals surface area contributed by atoms with E-state index in [-0.39, 0.29) is 18.8 Å². The molecule has 9 nitrogen and oxygen atoms in total. The molecule has 0 fully saturated rings. The van der Waals surface area contributed by atoms with E-state index in [1.807, 2.05) is 27.7 Å². The Labute approximate surface area is 206 Å². The van der Waals surface area contributed by atoms with Crippen molar-refractivity contribution < 1.29 is 28.5 Å². The first-order chi connectivity index (χ1) is 16.2. The summed E-state index contributed by atoms with van der Waals surface area (Å²) < 4.78 is 22.5. The maximum Gasteiger partial charge on any atom is 0.262 e. The summed E-state index contributed by atoms with van der Waals surface area (Å²) in [5.74, 6) is 1.19. The van der Waals surface area contributed by atoms with Gasteiger partial charge in [0.15, 0.2) is 23.0 Å². The quantitative estimate of drug-likeness (QED) is 0.374. The Hall–Kier alpha value is -3.27. The van der Waals surface area contributed by atoms with Crippen molar-refractivity contribution in [3.63, 3.8) is 0 Å². The van der Waals surface area contributed by atoms with Crippen molar-refractivity contribution in [1.82, 2.24) is 10.7 Å². The van der Waals surface area contributed by atoms with Crippen LogP contribution in [0.3, 0.4) is 0 Å². The van der Waals surface area contributed by atoms with Gasteiger partial charge in [-0.2, -0.15) is 5.10 Å². The minimum absolute atomic E-state index is 0.0233. The lowest BCUT2D eigenvalue weighted by atomic mass is 10.0. The van der Waals surface area contributed by atoms with Crippen molar-refractivity contribution in [2.45, 2.75) is 39.8 Å². The van der Waals surface area contributed by atoms with Gasteiger partial charge < -0.3 is 24.3 Å². The van der Waals surface area contributed by atoms with E-state index in [9.17, 15) is 9.59 Å². The molecule has 1 aliphatic heterocycles. The molecule has 1 aliphatic rings. The highest BCUT2D eigenvalue weighted by molar-refractivity contribution is 9.10. The zero-order chi connectivity index (χ0) is 24.8. The van der Waals surface area contributed by atoms with Crippen molar-refractivity contribution in [1.29, 1.82) is 0 Å². The second-order valence-corrected chi connectivity index (χ2v) is 9.05. The third kappa shape index (κ3) is 6.19. The van der Waals surface area contributed by atoms with Crippen LogP contribution in [0.15, 0.2) is 39.9 Å². The fourth-order valence-electron chi connectivity index (χ4n) is 3.20. The molecular formula is C24H28BrN3O6. The van der Waals surface area contributed by atoms with Crippen molar-refractivity contribution in [2.24, 2.45) is 11.0 Å². The minimum atomic E-state index is -0.793.